The fourth-order valence-electron chi connectivity index (χ4n) is 2.67. The maximum Gasteiger partial charge on any atom is 0.229 e. The maximum atomic E-state index is 5.15. The van der Waals surface area contributed by atoms with E-state index in [1.54, 1.807) is 20.3 Å². The van der Waals surface area contributed by atoms with Crippen LogP contribution in [0.2, 0.25) is 0 Å². The molecule has 0 spiro atoms. The van der Waals surface area contributed by atoms with Crippen LogP contribution in [0.15, 0.2) is 6.07 Å². The molecule has 3 rings (SSSR count). The van der Waals surface area contributed by atoms with Gasteiger partial charge < -0.3 is 14.8 Å². The smallest absolute Gasteiger partial charge is 0.229 e. The Bertz CT molecular complexity index is 410. The molecule has 5 nitrogen and oxygen atoms in total. The van der Waals surface area contributed by atoms with E-state index in [9.17, 15) is 0 Å². The molecule has 2 fully saturated rings. The van der Waals surface area contributed by atoms with Crippen LogP contribution >= 0.6 is 0 Å². The number of aromatic nitrogens is 2. The van der Waals surface area contributed by atoms with Crippen molar-refractivity contribution in [3.63, 3.8) is 0 Å². The first-order valence-electron chi connectivity index (χ1n) is 7.01. The number of methoxy groups -OCH3 is 2. The molecule has 0 saturated heterocycles. The molecule has 1 aromatic rings. The van der Waals surface area contributed by atoms with Crippen molar-refractivity contribution >= 4 is 5.95 Å². The van der Waals surface area contributed by atoms with E-state index >= 15 is 0 Å². The number of hydrogen-bond donors (Lipinski definition) is 1. The van der Waals surface area contributed by atoms with E-state index in [0.717, 1.165) is 24.3 Å². The van der Waals surface area contributed by atoms with Crippen molar-refractivity contribution in [3.8, 4) is 11.8 Å². The molecular weight excluding hydrogens is 242 g/mol. The van der Waals surface area contributed by atoms with Crippen LogP contribution in [0.5, 0.6) is 11.8 Å². The third kappa shape index (κ3) is 3.08. The monoisotopic (exact) mass is 263 g/mol. The molecule has 1 heterocycles. The molecule has 0 amide bonds. The Morgan fingerprint density at radius 2 is 1.63 bits per heavy atom. The van der Waals surface area contributed by atoms with Crippen LogP contribution in [0.3, 0.4) is 0 Å². The van der Waals surface area contributed by atoms with Gasteiger partial charge in [-0.15, -0.1) is 0 Å². The number of anilines is 1. The molecule has 2 aliphatic carbocycles. The first-order chi connectivity index (χ1) is 9.30. The summed E-state index contributed by atoms with van der Waals surface area (Å²) in [7, 11) is 3.20. The average Bonchev–Trinajstić information content (AvgIpc) is 3.30. The fourth-order valence-corrected chi connectivity index (χ4v) is 2.67. The summed E-state index contributed by atoms with van der Waals surface area (Å²) in [6.45, 7) is 0.964. The fraction of sp³-hybridized carbons (Fsp3) is 0.714. The topological polar surface area (TPSA) is 56.3 Å². The molecule has 5 heteroatoms. The summed E-state index contributed by atoms with van der Waals surface area (Å²) in [5, 5.41) is 3.35. The quantitative estimate of drug-likeness (QED) is 0.818. The second-order valence-electron chi connectivity index (χ2n) is 5.50. The Hall–Kier alpha value is -1.52. The highest BCUT2D eigenvalue weighted by atomic mass is 16.5. The Balaban J connectivity index is 1.64. The highest BCUT2D eigenvalue weighted by molar-refractivity contribution is 5.33. The van der Waals surface area contributed by atoms with Gasteiger partial charge in [0.25, 0.3) is 0 Å². The van der Waals surface area contributed by atoms with Gasteiger partial charge in [0.15, 0.2) is 0 Å². The number of rotatable bonds is 7. The molecular formula is C14H21N3O2. The standard InChI is InChI=1S/C14H21N3O2/c1-18-12-7-13(19-2)17-14(16-12)15-8-11(9-3-4-9)10-5-6-10/h7,9-11H,3-6,8H2,1-2H3,(H,15,16,17). The lowest BCUT2D eigenvalue weighted by Crippen LogP contribution is -2.19. The van der Waals surface area contributed by atoms with E-state index in [4.69, 9.17) is 9.47 Å². The summed E-state index contributed by atoms with van der Waals surface area (Å²) >= 11 is 0. The van der Waals surface area contributed by atoms with Gasteiger partial charge in [0.1, 0.15) is 0 Å². The van der Waals surface area contributed by atoms with Crippen molar-refractivity contribution < 1.29 is 9.47 Å². The van der Waals surface area contributed by atoms with Gasteiger partial charge in [-0.25, -0.2) is 0 Å². The van der Waals surface area contributed by atoms with Gasteiger partial charge in [0.2, 0.25) is 17.7 Å². The van der Waals surface area contributed by atoms with Crippen LogP contribution < -0.4 is 14.8 Å². The largest absolute Gasteiger partial charge is 0.481 e. The number of hydrogen-bond acceptors (Lipinski definition) is 5. The molecule has 0 unspecified atom stereocenters. The second-order valence-corrected chi connectivity index (χ2v) is 5.50. The number of ether oxygens (including phenoxy) is 2. The molecule has 0 bridgehead atoms. The Morgan fingerprint density at radius 1 is 1.11 bits per heavy atom. The van der Waals surface area contributed by atoms with Crippen LogP contribution in [0.1, 0.15) is 25.7 Å². The Morgan fingerprint density at radius 3 is 2.05 bits per heavy atom. The van der Waals surface area contributed by atoms with Crippen LogP contribution in [0.25, 0.3) is 0 Å². The summed E-state index contributed by atoms with van der Waals surface area (Å²) in [6, 6.07) is 1.68. The van der Waals surface area contributed by atoms with Gasteiger partial charge in [-0.1, -0.05) is 0 Å². The molecule has 19 heavy (non-hydrogen) atoms. The van der Waals surface area contributed by atoms with Crippen LogP contribution in [0, 0.1) is 17.8 Å². The van der Waals surface area contributed by atoms with E-state index in [0.29, 0.717) is 17.7 Å². The third-order valence-electron chi connectivity index (χ3n) is 4.05. The highest BCUT2D eigenvalue weighted by Gasteiger charge is 2.41. The van der Waals surface area contributed by atoms with Gasteiger partial charge in [-0.05, 0) is 43.4 Å². The predicted octanol–water partition coefficient (Wildman–Crippen LogP) is 2.34. The summed E-state index contributed by atoms with van der Waals surface area (Å²) in [4.78, 5) is 8.61. The van der Waals surface area contributed by atoms with E-state index in [1.165, 1.54) is 25.7 Å². The SMILES string of the molecule is COc1cc(OC)nc(NCC(C2CC2)C2CC2)n1. The van der Waals surface area contributed by atoms with Crippen molar-refractivity contribution in [1.29, 1.82) is 0 Å². The first kappa shape index (κ1) is 12.5. The van der Waals surface area contributed by atoms with Crippen LogP contribution in [0.4, 0.5) is 5.95 Å². The summed E-state index contributed by atoms with van der Waals surface area (Å²) < 4.78 is 10.3. The van der Waals surface area contributed by atoms with Crippen molar-refractivity contribution in [2.45, 2.75) is 25.7 Å². The molecule has 2 saturated carbocycles. The van der Waals surface area contributed by atoms with Gasteiger partial charge in [0, 0.05) is 6.54 Å². The zero-order chi connectivity index (χ0) is 13.2. The molecule has 0 atom stereocenters. The summed E-state index contributed by atoms with van der Waals surface area (Å²) in [6.07, 6.45) is 5.58. The molecule has 1 aromatic heterocycles. The summed E-state index contributed by atoms with van der Waals surface area (Å²) in [5.41, 5.74) is 0. The average molecular weight is 263 g/mol. The lowest BCUT2D eigenvalue weighted by molar-refractivity contribution is 0.372. The maximum absolute atomic E-state index is 5.15. The summed E-state index contributed by atoms with van der Waals surface area (Å²) in [5.74, 6) is 4.30. The van der Waals surface area contributed by atoms with Crippen molar-refractivity contribution in [2.24, 2.45) is 17.8 Å². The van der Waals surface area contributed by atoms with Gasteiger partial charge in [-0.2, -0.15) is 9.97 Å². The van der Waals surface area contributed by atoms with Gasteiger partial charge in [0.05, 0.1) is 20.3 Å². The lowest BCUT2D eigenvalue weighted by atomic mass is 9.98. The highest BCUT2D eigenvalue weighted by Crippen LogP contribution is 2.49. The number of nitrogens with one attached hydrogen (secondary N) is 1. The predicted molar refractivity (Wildman–Crippen MR) is 72.6 cm³/mol. The normalized spacial score (nSPS) is 18.5. The molecule has 0 radical (unpaired) electrons. The third-order valence-corrected chi connectivity index (χ3v) is 4.05. The van der Waals surface area contributed by atoms with E-state index in [-0.39, 0.29) is 0 Å². The molecule has 1 N–H and O–H groups in total. The molecule has 0 aliphatic heterocycles. The minimum Gasteiger partial charge on any atom is -0.481 e. The molecule has 2 aliphatic rings. The molecule has 0 aromatic carbocycles. The zero-order valence-electron chi connectivity index (χ0n) is 11.6. The second kappa shape index (κ2) is 5.23. The van der Waals surface area contributed by atoms with Crippen molar-refractivity contribution in [2.75, 3.05) is 26.1 Å². The molecule has 104 valence electrons. The van der Waals surface area contributed by atoms with Crippen LogP contribution in [-0.2, 0) is 0 Å². The van der Waals surface area contributed by atoms with Gasteiger partial charge in [-0.3, -0.25) is 0 Å². The van der Waals surface area contributed by atoms with E-state index in [1.807, 2.05) is 0 Å². The van der Waals surface area contributed by atoms with Crippen molar-refractivity contribution in [3.05, 3.63) is 6.07 Å². The van der Waals surface area contributed by atoms with E-state index in [2.05, 4.69) is 15.3 Å². The zero-order valence-corrected chi connectivity index (χ0v) is 11.6. The first-order valence-corrected chi connectivity index (χ1v) is 7.01. The van der Waals surface area contributed by atoms with Crippen molar-refractivity contribution in [1.82, 2.24) is 9.97 Å². The van der Waals surface area contributed by atoms with E-state index < -0.39 is 0 Å². The Labute approximate surface area is 113 Å². The number of nitrogens with zero attached hydrogens (tertiary/aromatic N) is 2. The van der Waals surface area contributed by atoms with Gasteiger partial charge >= 0.3 is 0 Å². The van der Waals surface area contributed by atoms with Crippen LogP contribution in [-0.4, -0.2) is 30.7 Å². The lowest BCUT2D eigenvalue weighted by Gasteiger charge is -2.16. The minimum atomic E-state index is 0.531. The Kier molecular flexibility index (Phi) is 3.44. The minimum absolute atomic E-state index is 0.531.